The Kier molecular flexibility index (Phi) is 2.37. The van der Waals surface area contributed by atoms with Crippen molar-refractivity contribution >= 4 is 0 Å². The van der Waals surface area contributed by atoms with Gasteiger partial charge in [-0.1, -0.05) is 13.3 Å². The maximum atomic E-state index is 3.66. The van der Waals surface area contributed by atoms with Crippen molar-refractivity contribution in [3.05, 3.63) is 0 Å². The zero-order chi connectivity index (χ0) is 8.44. The lowest BCUT2D eigenvalue weighted by atomic mass is 9.78. The van der Waals surface area contributed by atoms with Crippen molar-refractivity contribution in [1.29, 1.82) is 0 Å². The minimum atomic E-state index is 0.542. The molecule has 0 radical (unpaired) electrons. The van der Waals surface area contributed by atoms with Crippen LogP contribution in [-0.4, -0.2) is 25.7 Å². The fourth-order valence-electron chi connectivity index (χ4n) is 2.58. The second-order valence-corrected chi connectivity index (χ2v) is 4.58. The standard InChI is InChI=1S/C10H20N2/c1-10(5-7-11-8-10)9-4-2-3-6-12-9/h9,11-12H,2-8H2,1H3. The second kappa shape index (κ2) is 3.35. The average Bonchev–Trinajstić information content (AvgIpc) is 2.55. The van der Waals surface area contributed by atoms with Gasteiger partial charge in [-0.25, -0.2) is 0 Å². The zero-order valence-electron chi connectivity index (χ0n) is 8.03. The van der Waals surface area contributed by atoms with Crippen molar-refractivity contribution in [2.75, 3.05) is 19.6 Å². The number of hydrogen-bond donors (Lipinski definition) is 2. The van der Waals surface area contributed by atoms with Gasteiger partial charge >= 0.3 is 0 Å². The number of hydrogen-bond acceptors (Lipinski definition) is 2. The third kappa shape index (κ3) is 1.50. The maximum absolute atomic E-state index is 3.66. The van der Waals surface area contributed by atoms with Crippen LogP contribution in [0.15, 0.2) is 0 Å². The summed E-state index contributed by atoms with van der Waals surface area (Å²) in [5.74, 6) is 0. The predicted octanol–water partition coefficient (Wildman–Crippen LogP) is 1.13. The fourth-order valence-corrected chi connectivity index (χ4v) is 2.58. The van der Waals surface area contributed by atoms with Gasteiger partial charge < -0.3 is 10.6 Å². The molecule has 2 aliphatic rings. The van der Waals surface area contributed by atoms with Gasteiger partial charge in [0.05, 0.1) is 0 Å². The van der Waals surface area contributed by atoms with Crippen LogP contribution in [-0.2, 0) is 0 Å². The summed E-state index contributed by atoms with van der Waals surface area (Å²) in [6, 6.07) is 0.779. The van der Waals surface area contributed by atoms with E-state index in [-0.39, 0.29) is 0 Å². The van der Waals surface area contributed by atoms with Crippen LogP contribution in [0.1, 0.15) is 32.6 Å². The van der Waals surface area contributed by atoms with Gasteiger partial charge in [-0.3, -0.25) is 0 Å². The molecule has 0 aliphatic carbocycles. The van der Waals surface area contributed by atoms with Gasteiger partial charge in [-0.05, 0) is 37.8 Å². The summed E-state index contributed by atoms with van der Waals surface area (Å²) >= 11 is 0. The van der Waals surface area contributed by atoms with E-state index >= 15 is 0 Å². The van der Waals surface area contributed by atoms with E-state index in [0.29, 0.717) is 5.41 Å². The largest absolute Gasteiger partial charge is 0.316 e. The van der Waals surface area contributed by atoms with Crippen LogP contribution in [0.5, 0.6) is 0 Å². The second-order valence-electron chi connectivity index (χ2n) is 4.58. The molecule has 0 bridgehead atoms. The van der Waals surface area contributed by atoms with Crippen LogP contribution in [0.25, 0.3) is 0 Å². The van der Waals surface area contributed by atoms with E-state index in [4.69, 9.17) is 0 Å². The molecule has 0 aromatic rings. The Morgan fingerprint density at radius 1 is 1.25 bits per heavy atom. The molecule has 0 amide bonds. The van der Waals surface area contributed by atoms with Crippen LogP contribution in [0, 0.1) is 5.41 Å². The topological polar surface area (TPSA) is 24.1 Å². The molecular formula is C10H20N2. The Morgan fingerprint density at radius 2 is 2.17 bits per heavy atom. The highest BCUT2D eigenvalue weighted by atomic mass is 15.0. The zero-order valence-corrected chi connectivity index (χ0v) is 8.03. The highest BCUT2D eigenvalue weighted by Gasteiger charge is 2.37. The molecule has 2 unspecified atom stereocenters. The first-order chi connectivity index (χ1) is 5.81. The number of piperidine rings is 1. The van der Waals surface area contributed by atoms with Gasteiger partial charge in [0.15, 0.2) is 0 Å². The van der Waals surface area contributed by atoms with Crippen molar-refractivity contribution in [3.63, 3.8) is 0 Å². The lowest BCUT2D eigenvalue weighted by molar-refractivity contribution is 0.203. The average molecular weight is 168 g/mol. The first kappa shape index (κ1) is 8.52. The number of rotatable bonds is 1. The van der Waals surface area contributed by atoms with Crippen molar-refractivity contribution < 1.29 is 0 Å². The highest BCUT2D eigenvalue weighted by molar-refractivity contribution is 4.94. The maximum Gasteiger partial charge on any atom is 0.0133 e. The number of nitrogens with one attached hydrogen (secondary N) is 2. The first-order valence-corrected chi connectivity index (χ1v) is 5.25. The Hall–Kier alpha value is -0.0800. The molecule has 70 valence electrons. The van der Waals surface area contributed by atoms with Crippen LogP contribution >= 0.6 is 0 Å². The van der Waals surface area contributed by atoms with Crippen LogP contribution < -0.4 is 10.6 Å². The van der Waals surface area contributed by atoms with Gasteiger partial charge in [0.25, 0.3) is 0 Å². The smallest absolute Gasteiger partial charge is 0.0133 e. The summed E-state index contributed by atoms with van der Waals surface area (Å²) in [4.78, 5) is 0. The lowest BCUT2D eigenvalue weighted by Gasteiger charge is -2.37. The van der Waals surface area contributed by atoms with E-state index in [9.17, 15) is 0 Å². The fraction of sp³-hybridized carbons (Fsp3) is 1.00. The molecule has 2 saturated heterocycles. The molecule has 0 spiro atoms. The molecule has 0 aromatic heterocycles. The third-order valence-corrected chi connectivity index (χ3v) is 3.55. The van der Waals surface area contributed by atoms with E-state index < -0.39 is 0 Å². The van der Waals surface area contributed by atoms with E-state index in [1.165, 1.54) is 45.3 Å². The van der Waals surface area contributed by atoms with Gasteiger partial charge in [-0.15, -0.1) is 0 Å². The SMILES string of the molecule is CC1(C2CCCCN2)CCNC1. The predicted molar refractivity (Wildman–Crippen MR) is 51.2 cm³/mol. The molecule has 2 heteroatoms. The quantitative estimate of drug-likeness (QED) is 0.613. The molecule has 2 N–H and O–H groups in total. The molecule has 12 heavy (non-hydrogen) atoms. The van der Waals surface area contributed by atoms with Gasteiger partial charge in [0, 0.05) is 12.6 Å². The van der Waals surface area contributed by atoms with Crippen molar-refractivity contribution in [1.82, 2.24) is 10.6 Å². The molecule has 2 heterocycles. The van der Waals surface area contributed by atoms with Crippen molar-refractivity contribution in [2.24, 2.45) is 5.41 Å². The van der Waals surface area contributed by atoms with E-state index in [1.54, 1.807) is 0 Å². The molecule has 2 rings (SSSR count). The summed E-state index contributed by atoms with van der Waals surface area (Å²) in [6.45, 7) is 6.09. The molecule has 2 fully saturated rings. The normalized spacial score (nSPS) is 43.2. The Labute approximate surface area is 75.1 Å². The van der Waals surface area contributed by atoms with Crippen molar-refractivity contribution in [3.8, 4) is 0 Å². The molecule has 2 atom stereocenters. The minimum Gasteiger partial charge on any atom is -0.316 e. The monoisotopic (exact) mass is 168 g/mol. The summed E-state index contributed by atoms with van der Waals surface area (Å²) in [5.41, 5.74) is 0.542. The summed E-state index contributed by atoms with van der Waals surface area (Å²) in [7, 11) is 0. The Balaban J connectivity index is 1.96. The van der Waals surface area contributed by atoms with E-state index in [2.05, 4.69) is 17.6 Å². The van der Waals surface area contributed by atoms with Crippen LogP contribution in [0.4, 0.5) is 0 Å². The van der Waals surface area contributed by atoms with E-state index in [1.807, 2.05) is 0 Å². The van der Waals surface area contributed by atoms with Crippen LogP contribution in [0.3, 0.4) is 0 Å². The highest BCUT2D eigenvalue weighted by Crippen LogP contribution is 2.32. The lowest BCUT2D eigenvalue weighted by Crippen LogP contribution is -2.47. The molecule has 2 aliphatic heterocycles. The first-order valence-electron chi connectivity index (χ1n) is 5.25. The van der Waals surface area contributed by atoms with Gasteiger partial charge in [0.1, 0.15) is 0 Å². The van der Waals surface area contributed by atoms with E-state index in [0.717, 1.165) is 6.04 Å². The summed E-state index contributed by atoms with van der Waals surface area (Å²) in [5, 5.41) is 7.13. The molecule has 2 nitrogen and oxygen atoms in total. The minimum absolute atomic E-state index is 0.542. The summed E-state index contributed by atoms with van der Waals surface area (Å²) < 4.78 is 0. The van der Waals surface area contributed by atoms with Crippen LogP contribution in [0.2, 0.25) is 0 Å². The van der Waals surface area contributed by atoms with Gasteiger partial charge in [-0.2, -0.15) is 0 Å². The van der Waals surface area contributed by atoms with Crippen molar-refractivity contribution in [2.45, 2.75) is 38.6 Å². The summed E-state index contributed by atoms with van der Waals surface area (Å²) in [6.07, 6.45) is 5.54. The third-order valence-electron chi connectivity index (χ3n) is 3.55. The molecular weight excluding hydrogens is 148 g/mol. The Bertz CT molecular complexity index is 144. The van der Waals surface area contributed by atoms with Gasteiger partial charge in [0.2, 0.25) is 0 Å². The molecule has 0 saturated carbocycles. The Morgan fingerprint density at radius 3 is 2.75 bits per heavy atom. The molecule has 0 aromatic carbocycles.